The van der Waals surface area contributed by atoms with Gasteiger partial charge in [0.2, 0.25) is 0 Å². The molecule has 142 valence electrons. The van der Waals surface area contributed by atoms with Gasteiger partial charge in [0.25, 0.3) is 0 Å². The zero-order valence-corrected chi connectivity index (χ0v) is 15.6. The molecule has 0 saturated carbocycles. The number of hydrogen-bond acceptors (Lipinski definition) is 5. The van der Waals surface area contributed by atoms with E-state index in [1.54, 1.807) is 11.0 Å². The van der Waals surface area contributed by atoms with Crippen LogP contribution in [0.4, 0.5) is 16.4 Å². The van der Waals surface area contributed by atoms with Crippen LogP contribution in [0.15, 0.2) is 36.5 Å². The maximum absolute atomic E-state index is 12.5. The van der Waals surface area contributed by atoms with Gasteiger partial charge in [-0.05, 0) is 44.0 Å². The molecule has 2 aliphatic rings. The molecule has 2 aromatic heterocycles. The van der Waals surface area contributed by atoms with Crippen molar-refractivity contribution in [3.8, 4) is 5.75 Å². The van der Waals surface area contributed by atoms with E-state index < -0.39 is 0 Å². The first-order valence-electron chi connectivity index (χ1n) is 9.55. The zero-order valence-electron chi connectivity index (χ0n) is 15.6. The molecule has 0 aromatic carbocycles. The van der Waals surface area contributed by atoms with Crippen molar-refractivity contribution in [2.75, 3.05) is 36.4 Å². The summed E-state index contributed by atoms with van der Waals surface area (Å²) >= 11 is 0. The summed E-state index contributed by atoms with van der Waals surface area (Å²) in [5.41, 5.74) is 0.876. The van der Waals surface area contributed by atoms with E-state index in [0.717, 1.165) is 36.8 Å². The summed E-state index contributed by atoms with van der Waals surface area (Å²) in [7, 11) is 0. The smallest absolute Gasteiger partial charge is 0.323 e. The second-order valence-electron chi connectivity index (χ2n) is 7.09. The van der Waals surface area contributed by atoms with Crippen molar-refractivity contribution in [2.24, 2.45) is 0 Å². The summed E-state index contributed by atoms with van der Waals surface area (Å²) in [6.45, 7) is 5.18. The standard InChI is InChI=1S/C20H25N5O2/c1-15-6-4-8-18(22-15)23-20(26)25-13-9-16(14-25)27-17-7-5-10-21-19(17)24-11-2-3-12-24/h4-8,10,16H,2-3,9,11-14H2,1H3,(H,22,23,26)/t16-/m1/s1. The minimum Gasteiger partial charge on any atom is -0.485 e. The molecule has 1 atom stereocenters. The van der Waals surface area contributed by atoms with Gasteiger partial charge in [0.05, 0.1) is 6.54 Å². The molecule has 4 heterocycles. The number of aromatic nitrogens is 2. The summed E-state index contributed by atoms with van der Waals surface area (Å²) in [4.78, 5) is 25.4. The van der Waals surface area contributed by atoms with Gasteiger partial charge in [-0.2, -0.15) is 0 Å². The number of likely N-dealkylation sites (tertiary alicyclic amines) is 1. The largest absolute Gasteiger partial charge is 0.485 e. The lowest BCUT2D eigenvalue weighted by Crippen LogP contribution is -2.35. The van der Waals surface area contributed by atoms with E-state index in [1.165, 1.54) is 12.8 Å². The number of rotatable bonds is 4. The molecule has 0 spiro atoms. The van der Waals surface area contributed by atoms with Crippen LogP contribution in [0, 0.1) is 6.92 Å². The molecule has 2 saturated heterocycles. The van der Waals surface area contributed by atoms with Crippen molar-refractivity contribution < 1.29 is 9.53 Å². The van der Waals surface area contributed by atoms with Crippen molar-refractivity contribution >= 4 is 17.7 Å². The summed E-state index contributed by atoms with van der Waals surface area (Å²) in [5, 5.41) is 2.86. The lowest BCUT2D eigenvalue weighted by atomic mass is 10.3. The van der Waals surface area contributed by atoms with Gasteiger partial charge in [-0.25, -0.2) is 14.8 Å². The molecule has 7 heteroatoms. The third kappa shape index (κ3) is 4.13. The van der Waals surface area contributed by atoms with Crippen LogP contribution >= 0.6 is 0 Å². The quantitative estimate of drug-likeness (QED) is 0.899. The number of carbonyl (C=O) groups excluding carboxylic acids is 1. The molecule has 1 N–H and O–H groups in total. The van der Waals surface area contributed by atoms with E-state index in [-0.39, 0.29) is 12.1 Å². The number of ether oxygens (including phenoxy) is 1. The van der Waals surface area contributed by atoms with Crippen LogP contribution in [0.2, 0.25) is 0 Å². The fraction of sp³-hybridized carbons (Fsp3) is 0.450. The molecule has 2 fully saturated rings. The molecule has 0 unspecified atom stereocenters. The molecule has 2 aromatic rings. The number of carbonyl (C=O) groups is 1. The van der Waals surface area contributed by atoms with Crippen molar-refractivity contribution in [3.05, 3.63) is 42.2 Å². The molecule has 4 rings (SSSR count). The number of nitrogens with zero attached hydrogens (tertiary/aromatic N) is 4. The van der Waals surface area contributed by atoms with E-state index >= 15 is 0 Å². The Morgan fingerprint density at radius 1 is 1.19 bits per heavy atom. The van der Waals surface area contributed by atoms with E-state index in [9.17, 15) is 4.79 Å². The van der Waals surface area contributed by atoms with Crippen molar-refractivity contribution in [2.45, 2.75) is 32.3 Å². The fourth-order valence-electron chi connectivity index (χ4n) is 3.63. The third-order valence-electron chi connectivity index (χ3n) is 5.01. The van der Waals surface area contributed by atoms with Gasteiger partial charge in [-0.3, -0.25) is 5.32 Å². The van der Waals surface area contributed by atoms with Crippen LogP contribution in [-0.2, 0) is 0 Å². The minimum atomic E-state index is -0.134. The Labute approximate surface area is 159 Å². The Hall–Kier alpha value is -2.83. The second kappa shape index (κ2) is 7.82. The zero-order chi connectivity index (χ0) is 18.6. The van der Waals surface area contributed by atoms with Crippen LogP contribution in [0.5, 0.6) is 5.75 Å². The van der Waals surface area contributed by atoms with E-state index in [2.05, 4.69) is 20.2 Å². The maximum Gasteiger partial charge on any atom is 0.323 e. The van der Waals surface area contributed by atoms with Crippen LogP contribution in [0.3, 0.4) is 0 Å². The number of urea groups is 1. The van der Waals surface area contributed by atoms with Crippen LogP contribution in [-0.4, -0.2) is 53.2 Å². The normalized spacial score (nSPS) is 19.4. The van der Waals surface area contributed by atoms with Gasteiger partial charge < -0.3 is 14.5 Å². The Morgan fingerprint density at radius 2 is 2.04 bits per heavy atom. The highest BCUT2D eigenvalue weighted by Gasteiger charge is 2.29. The molecule has 27 heavy (non-hydrogen) atoms. The Bertz CT molecular complexity index is 806. The number of amides is 2. The molecular formula is C20H25N5O2. The number of nitrogens with one attached hydrogen (secondary N) is 1. The molecule has 2 aliphatic heterocycles. The van der Waals surface area contributed by atoms with E-state index in [0.29, 0.717) is 18.9 Å². The summed E-state index contributed by atoms with van der Waals surface area (Å²) in [5.74, 6) is 2.31. The number of hydrogen-bond donors (Lipinski definition) is 1. The van der Waals surface area contributed by atoms with Gasteiger partial charge in [0, 0.05) is 37.9 Å². The molecule has 0 bridgehead atoms. The molecular weight excluding hydrogens is 342 g/mol. The number of pyridine rings is 2. The summed E-state index contributed by atoms with van der Waals surface area (Å²) in [6.07, 6.45) is 4.99. The van der Waals surface area contributed by atoms with E-state index in [4.69, 9.17) is 4.74 Å². The first kappa shape index (κ1) is 17.6. The van der Waals surface area contributed by atoms with Gasteiger partial charge in [0.1, 0.15) is 11.9 Å². The Kier molecular flexibility index (Phi) is 5.09. The fourth-order valence-corrected chi connectivity index (χ4v) is 3.63. The van der Waals surface area contributed by atoms with Gasteiger partial charge in [-0.1, -0.05) is 6.07 Å². The predicted octanol–water partition coefficient (Wildman–Crippen LogP) is 3.07. The minimum absolute atomic E-state index is 0.0215. The van der Waals surface area contributed by atoms with Crippen LogP contribution < -0.4 is 15.0 Å². The summed E-state index contributed by atoms with van der Waals surface area (Å²) < 4.78 is 6.23. The van der Waals surface area contributed by atoms with Crippen molar-refractivity contribution in [3.63, 3.8) is 0 Å². The summed E-state index contributed by atoms with van der Waals surface area (Å²) in [6, 6.07) is 9.33. The Balaban J connectivity index is 1.37. The Morgan fingerprint density at radius 3 is 2.85 bits per heavy atom. The maximum atomic E-state index is 12.5. The molecule has 0 aliphatic carbocycles. The van der Waals surface area contributed by atoms with Crippen molar-refractivity contribution in [1.29, 1.82) is 0 Å². The molecule has 2 amide bonds. The highest BCUT2D eigenvalue weighted by molar-refractivity contribution is 5.88. The molecule has 7 nitrogen and oxygen atoms in total. The topological polar surface area (TPSA) is 70.6 Å². The number of aryl methyl sites for hydroxylation is 1. The van der Waals surface area contributed by atoms with E-state index in [1.807, 2.05) is 37.4 Å². The highest BCUT2D eigenvalue weighted by Crippen LogP contribution is 2.30. The first-order valence-corrected chi connectivity index (χ1v) is 9.55. The van der Waals surface area contributed by atoms with Crippen LogP contribution in [0.25, 0.3) is 0 Å². The van der Waals surface area contributed by atoms with Gasteiger partial charge >= 0.3 is 6.03 Å². The average Bonchev–Trinajstić information content (AvgIpc) is 3.34. The van der Waals surface area contributed by atoms with Gasteiger partial charge in [-0.15, -0.1) is 0 Å². The van der Waals surface area contributed by atoms with Crippen LogP contribution in [0.1, 0.15) is 25.0 Å². The van der Waals surface area contributed by atoms with Gasteiger partial charge in [0.15, 0.2) is 11.6 Å². The predicted molar refractivity (Wildman–Crippen MR) is 104 cm³/mol. The monoisotopic (exact) mass is 367 g/mol. The first-order chi connectivity index (χ1) is 13.2. The average molecular weight is 367 g/mol. The number of anilines is 2. The highest BCUT2D eigenvalue weighted by atomic mass is 16.5. The lowest BCUT2D eigenvalue weighted by Gasteiger charge is -2.22. The SMILES string of the molecule is Cc1cccc(NC(=O)N2CC[C@@H](Oc3cccnc3N3CCCC3)C2)n1. The second-order valence-corrected chi connectivity index (χ2v) is 7.09. The molecule has 0 radical (unpaired) electrons. The third-order valence-corrected chi connectivity index (χ3v) is 5.01. The lowest BCUT2D eigenvalue weighted by molar-refractivity contribution is 0.194. The van der Waals surface area contributed by atoms with Crippen molar-refractivity contribution in [1.82, 2.24) is 14.9 Å².